The van der Waals surface area contributed by atoms with Crippen molar-refractivity contribution in [2.75, 3.05) is 31.6 Å². The summed E-state index contributed by atoms with van der Waals surface area (Å²) >= 11 is 2.00. The van der Waals surface area contributed by atoms with Gasteiger partial charge >= 0.3 is 0 Å². The van der Waals surface area contributed by atoms with Gasteiger partial charge in [-0.05, 0) is 37.0 Å². The van der Waals surface area contributed by atoms with Crippen molar-refractivity contribution in [3.05, 3.63) is 35.9 Å². The van der Waals surface area contributed by atoms with Gasteiger partial charge in [-0.15, -0.1) is 0 Å². The molecule has 0 bridgehead atoms. The van der Waals surface area contributed by atoms with Crippen LogP contribution in [0, 0.1) is 0 Å². The highest BCUT2D eigenvalue weighted by Crippen LogP contribution is 2.09. The second-order valence-electron chi connectivity index (χ2n) is 4.59. The SMILES string of the molecule is CCSCCC(CN)N(C)CCc1ccccc1. The van der Waals surface area contributed by atoms with E-state index in [1.807, 2.05) is 11.8 Å². The molecule has 0 radical (unpaired) electrons. The Balaban J connectivity index is 2.30. The molecular weight excluding hydrogens is 240 g/mol. The fraction of sp³-hybridized carbons (Fsp3) is 0.600. The molecule has 0 aliphatic carbocycles. The van der Waals surface area contributed by atoms with E-state index in [9.17, 15) is 0 Å². The minimum atomic E-state index is 0.521. The van der Waals surface area contributed by atoms with E-state index in [4.69, 9.17) is 5.73 Å². The minimum Gasteiger partial charge on any atom is -0.329 e. The summed E-state index contributed by atoms with van der Waals surface area (Å²) in [5.74, 6) is 2.42. The fourth-order valence-corrected chi connectivity index (χ4v) is 2.74. The van der Waals surface area contributed by atoms with Crippen molar-refractivity contribution in [3.63, 3.8) is 0 Å². The lowest BCUT2D eigenvalue weighted by Crippen LogP contribution is -2.39. The summed E-state index contributed by atoms with van der Waals surface area (Å²) in [5, 5.41) is 0. The quantitative estimate of drug-likeness (QED) is 0.697. The Bertz CT molecular complexity index is 303. The van der Waals surface area contributed by atoms with Crippen molar-refractivity contribution in [2.24, 2.45) is 5.73 Å². The van der Waals surface area contributed by atoms with Crippen LogP contribution < -0.4 is 5.73 Å². The van der Waals surface area contributed by atoms with E-state index in [0.717, 1.165) is 19.5 Å². The first-order valence-corrected chi connectivity index (χ1v) is 7.95. The first-order valence-electron chi connectivity index (χ1n) is 6.80. The van der Waals surface area contributed by atoms with Crippen LogP contribution in [0.5, 0.6) is 0 Å². The number of rotatable bonds is 9. The highest BCUT2D eigenvalue weighted by atomic mass is 32.2. The number of hydrogen-bond donors (Lipinski definition) is 1. The van der Waals surface area contributed by atoms with Crippen molar-refractivity contribution < 1.29 is 0 Å². The number of likely N-dealkylation sites (N-methyl/N-ethyl adjacent to an activating group) is 1. The van der Waals surface area contributed by atoms with Crippen molar-refractivity contribution >= 4 is 11.8 Å². The fourth-order valence-electron chi connectivity index (χ4n) is 2.01. The molecule has 102 valence electrons. The van der Waals surface area contributed by atoms with E-state index in [1.54, 1.807) is 0 Å². The molecule has 3 heteroatoms. The lowest BCUT2D eigenvalue weighted by atomic mass is 10.1. The van der Waals surface area contributed by atoms with Crippen LogP contribution in [0.25, 0.3) is 0 Å². The van der Waals surface area contributed by atoms with Gasteiger partial charge in [-0.2, -0.15) is 11.8 Å². The van der Waals surface area contributed by atoms with Crippen LogP contribution in [0.4, 0.5) is 0 Å². The Kier molecular flexibility index (Phi) is 8.14. The van der Waals surface area contributed by atoms with Crippen molar-refractivity contribution in [1.29, 1.82) is 0 Å². The van der Waals surface area contributed by atoms with Gasteiger partial charge in [0.1, 0.15) is 0 Å². The number of benzene rings is 1. The van der Waals surface area contributed by atoms with Crippen LogP contribution in [0.1, 0.15) is 18.9 Å². The van der Waals surface area contributed by atoms with Gasteiger partial charge < -0.3 is 10.6 Å². The predicted molar refractivity (Wildman–Crippen MR) is 83.2 cm³/mol. The molecule has 0 saturated carbocycles. The number of thioether (sulfide) groups is 1. The summed E-state index contributed by atoms with van der Waals surface area (Å²) in [5.41, 5.74) is 7.28. The normalized spacial score (nSPS) is 12.9. The number of hydrogen-bond acceptors (Lipinski definition) is 3. The molecular formula is C15H26N2S. The minimum absolute atomic E-state index is 0.521. The first-order chi connectivity index (χ1) is 8.77. The van der Waals surface area contributed by atoms with Crippen molar-refractivity contribution in [2.45, 2.75) is 25.8 Å². The van der Waals surface area contributed by atoms with Crippen molar-refractivity contribution in [1.82, 2.24) is 4.90 Å². The maximum atomic E-state index is 5.87. The molecule has 0 spiro atoms. The van der Waals surface area contributed by atoms with Gasteiger partial charge in [-0.3, -0.25) is 0 Å². The predicted octanol–water partition coefficient (Wildman–Crippen LogP) is 2.63. The van der Waals surface area contributed by atoms with Gasteiger partial charge in [0.25, 0.3) is 0 Å². The van der Waals surface area contributed by atoms with Gasteiger partial charge in [0.05, 0.1) is 0 Å². The average Bonchev–Trinajstić information content (AvgIpc) is 2.42. The lowest BCUT2D eigenvalue weighted by Gasteiger charge is -2.26. The Morgan fingerprint density at radius 1 is 1.28 bits per heavy atom. The lowest BCUT2D eigenvalue weighted by molar-refractivity contribution is 0.245. The molecule has 1 unspecified atom stereocenters. The third-order valence-electron chi connectivity index (χ3n) is 3.29. The third-order valence-corrected chi connectivity index (χ3v) is 4.22. The van der Waals surface area contributed by atoms with Crippen LogP contribution in [-0.4, -0.2) is 42.6 Å². The van der Waals surface area contributed by atoms with Gasteiger partial charge in [-0.25, -0.2) is 0 Å². The summed E-state index contributed by atoms with van der Waals surface area (Å²) in [6.07, 6.45) is 2.30. The van der Waals surface area contributed by atoms with E-state index in [1.165, 1.54) is 23.5 Å². The number of nitrogens with two attached hydrogens (primary N) is 1. The largest absolute Gasteiger partial charge is 0.329 e. The van der Waals surface area contributed by atoms with Crippen LogP contribution in [0.3, 0.4) is 0 Å². The molecule has 1 aromatic rings. The van der Waals surface area contributed by atoms with Crippen LogP contribution >= 0.6 is 11.8 Å². The molecule has 18 heavy (non-hydrogen) atoms. The summed E-state index contributed by atoms with van der Waals surface area (Å²) < 4.78 is 0. The van der Waals surface area contributed by atoms with Gasteiger partial charge in [0.2, 0.25) is 0 Å². The molecule has 1 atom stereocenters. The topological polar surface area (TPSA) is 29.3 Å². The van der Waals surface area contributed by atoms with E-state index < -0.39 is 0 Å². The molecule has 0 heterocycles. The molecule has 2 N–H and O–H groups in total. The molecule has 1 rings (SSSR count). The Labute approximate surface area is 116 Å². The Hall–Kier alpha value is -0.510. The standard InChI is InChI=1S/C15H26N2S/c1-3-18-12-10-15(13-16)17(2)11-9-14-7-5-4-6-8-14/h4-8,15H,3,9-13,16H2,1-2H3. The van der Waals surface area contributed by atoms with E-state index in [2.05, 4.69) is 49.2 Å². The zero-order valence-electron chi connectivity index (χ0n) is 11.6. The smallest absolute Gasteiger partial charge is 0.0223 e. The van der Waals surface area contributed by atoms with E-state index in [0.29, 0.717) is 6.04 Å². The summed E-state index contributed by atoms with van der Waals surface area (Å²) in [4.78, 5) is 2.41. The van der Waals surface area contributed by atoms with E-state index in [-0.39, 0.29) is 0 Å². The second-order valence-corrected chi connectivity index (χ2v) is 5.99. The van der Waals surface area contributed by atoms with Gasteiger partial charge in [0.15, 0.2) is 0 Å². The zero-order chi connectivity index (χ0) is 13.2. The van der Waals surface area contributed by atoms with Crippen LogP contribution in [0.2, 0.25) is 0 Å². The maximum Gasteiger partial charge on any atom is 0.0223 e. The molecule has 0 fully saturated rings. The Morgan fingerprint density at radius 2 is 2.00 bits per heavy atom. The highest BCUT2D eigenvalue weighted by molar-refractivity contribution is 7.99. The maximum absolute atomic E-state index is 5.87. The molecule has 0 amide bonds. The monoisotopic (exact) mass is 266 g/mol. The highest BCUT2D eigenvalue weighted by Gasteiger charge is 2.12. The van der Waals surface area contributed by atoms with Gasteiger partial charge in [-0.1, -0.05) is 37.3 Å². The van der Waals surface area contributed by atoms with Crippen LogP contribution in [-0.2, 0) is 6.42 Å². The average molecular weight is 266 g/mol. The van der Waals surface area contributed by atoms with Crippen LogP contribution in [0.15, 0.2) is 30.3 Å². The van der Waals surface area contributed by atoms with Gasteiger partial charge in [0, 0.05) is 19.1 Å². The Morgan fingerprint density at radius 3 is 2.61 bits per heavy atom. The molecule has 0 aromatic heterocycles. The molecule has 2 nitrogen and oxygen atoms in total. The summed E-state index contributed by atoms with van der Waals surface area (Å²) in [6.45, 7) is 4.06. The number of nitrogens with zero attached hydrogens (tertiary/aromatic N) is 1. The third kappa shape index (κ3) is 5.89. The molecule has 1 aromatic carbocycles. The van der Waals surface area contributed by atoms with Crippen molar-refractivity contribution in [3.8, 4) is 0 Å². The molecule has 0 aliphatic heterocycles. The summed E-state index contributed by atoms with van der Waals surface area (Å²) in [7, 11) is 2.19. The first kappa shape index (κ1) is 15.5. The van der Waals surface area contributed by atoms with E-state index >= 15 is 0 Å². The molecule has 0 aliphatic rings. The molecule has 0 saturated heterocycles. The second kappa shape index (κ2) is 9.42. The zero-order valence-corrected chi connectivity index (χ0v) is 12.5. The summed E-state index contributed by atoms with van der Waals surface area (Å²) in [6, 6.07) is 11.2.